The van der Waals surface area contributed by atoms with E-state index in [2.05, 4.69) is 15.5 Å². The molecule has 0 fully saturated rings. The van der Waals surface area contributed by atoms with Crippen LogP contribution >= 0.6 is 0 Å². The van der Waals surface area contributed by atoms with Crippen LogP contribution in [0.3, 0.4) is 0 Å². The number of ether oxygens (including phenoxy) is 2. The zero-order valence-electron chi connectivity index (χ0n) is 16.7. The number of phenolic OH excluding ortho intramolecular Hbond substituents is 1. The average Bonchev–Trinajstić information content (AvgIpc) is 3.15. The fourth-order valence-corrected chi connectivity index (χ4v) is 2.87. The van der Waals surface area contributed by atoms with Crippen LogP contribution in [0.1, 0.15) is 5.56 Å². The summed E-state index contributed by atoms with van der Waals surface area (Å²) in [6.07, 6.45) is 2.65. The lowest BCUT2D eigenvalue weighted by Crippen LogP contribution is -2.38. The molecule has 0 aliphatic heterocycles. The maximum atomic E-state index is 12.4. The first kappa shape index (κ1) is 20.6. The van der Waals surface area contributed by atoms with E-state index in [9.17, 15) is 19.5 Å². The van der Waals surface area contributed by atoms with E-state index < -0.39 is 17.2 Å². The number of carbonyl (C=O) groups excluding carboxylic acids is 1. The van der Waals surface area contributed by atoms with Crippen LogP contribution in [0.15, 0.2) is 33.2 Å². The smallest absolute Gasteiger partial charge is 0.332 e. The van der Waals surface area contributed by atoms with Gasteiger partial charge in [0.2, 0.25) is 5.75 Å². The maximum Gasteiger partial charge on any atom is 0.332 e. The second-order valence-electron chi connectivity index (χ2n) is 6.32. The summed E-state index contributed by atoms with van der Waals surface area (Å²) < 4.78 is 13.6. The zero-order valence-corrected chi connectivity index (χ0v) is 16.7. The summed E-state index contributed by atoms with van der Waals surface area (Å²) in [6.45, 7) is -0.233. The van der Waals surface area contributed by atoms with Gasteiger partial charge in [0, 0.05) is 19.7 Å². The summed E-state index contributed by atoms with van der Waals surface area (Å²) in [7, 11) is 5.64. The molecule has 2 aromatic heterocycles. The van der Waals surface area contributed by atoms with Gasteiger partial charge in [0.05, 0.1) is 26.8 Å². The number of hydrogen-bond acceptors (Lipinski definition) is 8. The van der Waals surface area contributed by atoms with Gasteiger partial charge >= 0.3 is 5.69 Å². The van der Waals surface area contributed by atoms with Gasteiger partial charge in [-0.2, -0.15) is 5.10 Å². The number of fused-ring (bicyclic) bond motifs is 1. The number of nitrogens with one attached hydrogen (secondary N) is 1. The van der Waals surface area contributed by atoms with Gasteiger partial charge in [-0.15, -0.1) is 0 Å². The summed E-state index contributed by atoms with van der Waals surface area (Å²) in [5.74, 6) is -0.287. The molecule has 12 heteroatoms. The van der Waals surface area contributed by atoms with Crippen molar-refractivity contribution in [3.63, 3.8) is 0 Å². The van der Waals surface area contributed by atoms with Crippen LogP contribution in [0.2, 0.25) is 0 Å². The van der Waals surface area contributed by atoms with E-state index in [0.717, 1.165) is 4.57 Å². The Balaban J connectivity index is 1.79. The van der Waals surface area contributed by atoms with Crippen LogP contribution in [-0.2, 0) is 25.4 Å². The van der Waals surface area contributed by atoms with Crippen LogP contribution in [-0.4, -0.2) is 50.1 Å². The number of aromatic hydroxyl groups is 1. The summed E-state index contributed by atoms with van der Waals surface area (Å²) in [5.41, 5.74) is 2.11. The minimum absolute atomic E-state index is 0.131. The van der Waals surface area contributed by atoms with Crippen molar-refractivity contribution in [3.8, 4) is 17.2 Å². The molecule has 0 spiro atoms. The molecule has 3 aromatic rings. The normalized spacial score (nSPS) is 11.2. The highest BCUT2D eigenvalue weighted by Gasteiger charge is 2.16. The fourth-order valence-electron chi connectivity index (χ4n) is 2.87. The fraction of sp³-hybridized carbons (Fsp3) is 0.278. The predicted molar refractivity (Wildman–Crippen MR) is 107 cm³/mol. The Kier molecular flexibility index (Phi) is 5.58. The summed E-state index contributed by atoms with van der Waals surface area (Å²) in [5, 5.41) is 13.8. The molecule has 0 aliphatic carbocycles. The number of rotatable bonds is 6. The molecular formula is C18H20N6O6. The Hall–Kier alpha value is -4.09. The Morgan fingerprint density at radius 1 is 1.20 bits per heavy atom. The van der Waals surface area contributed by atoms with Crippen molar-refractivity contribution in [2.45, 2.75) is 6.54 Å². The maximum absolute atomic E-state index is 12.4. The molecular weight excluding hydrogens is 396 g/mol. The van der Waals surface area contributed by atoms with Gasteiger partial charge in [-0.25, -0.2) is 15.2 Å². The molecule has 0 radical (unpaired) electrons. The lowest BCUT2D eigenvalue weighted by Gasteiger charge is -2.09. The van der Waals surface area contributed by atoms with Crippen molar-refractivity contribution in [2.75, 3.05) is 14.2 Å². The number of hydrazone groups is 1. The minimum Gasteiger partial charge on any atom is -0.502 e. The zero-order chi connectivity index (χ0) is 22.0. The molecule has 2 N–H and O–H groups in total. The van der Waals surface area contributed by atoms with Gasteiger partial charge < -0.3 is 19.1 Å². The van der Waals surface area contributed by atoms with Crippen molar-refractivity contribution in [1.82, 2.24) is 24.1 Å². The van der Waals surface area contributed by atoms with Gasteiger partial charge in [-0.05, 0) is 12.1 Å². The second kappa shape index (κ2) is 8.11. The van der Waals surface area contributed by atoms with Crippen LogP contribution in [0.4, 0.5) is 0 Å². The summed E-state index contributed by atoms with van der Waals surface area (Å²) in [4.78, 5) is 40.7. The number of hydrogen-bond donors (Lipinski definition) is 2. The highest BCUT2D eigenvalue weighted by Crippen LogP contribution is 2.36. The SMILES string of the molecule is COc1cc(/C=N\NC(=O)Cn2cnc3c2c(=O)n(C)c(=O)n3C)cc(OC)c1O. The van der Waals surface area contributed by atoms with Crippen LogP contribution < -0.4 is 26.1 Å². The molecule has 158 valence electrons. The van der Waals surface area contributed by atoms with Gasteiger partial charge in [0.1, 0.15) is 6.54 Å². The Morgan fingerprint density at radius 2 is 1.83 bits per heavy atom. The van der Waals surface area contributed by atoms with Crippen LogP contribution in [0.25, 0.3) is 11.2 Å². The third kappa shape index (κ3) is 3.62. The van der Waals surface area contributed by atoms with E-state index in [1.54, 1.807) is 0 Å². The topological polar surface area (TPSA) is 142 Å². The standard InChI is InChI=1S/C18H20N6O6/c1-22-16-14(17(27)23(2)18(22)28)24(9-19-16)8-13(25)21-20-7-10-5-11(29-3)15(26)12(6-10)30-4/h5-7,9,26H,8H2,1-4H3,(H,21,25)/b20-7-. The number of amides is 1. The highest BCUT2D eigenvalue weighted by atomic mass is 16.5. The Bertz CT molecular complexity index is 1240. The number of imidazole rings is 1. The van der Waals surface area contributed by atoms with Crippen LogP contribution in [0, 0.1) is 0 Å². The Morgan fingerprint density at radius 3 is 2.43 bits per heavy atom. The highest BCUT2D eigenvalue weighted by molar-refractivity contribution is 5.84. The third-order valence-electron chi connectivity index (χ3n) is 4.44. The molecule has 1 amide bonds. The number of benzene rings is 1. The quantitative estimate of drug-likeness (QED) is 0.400. The van der Waals surface area contributed by atoms with Crippen molar-refractivity contribution in [2.24, 2.45) is 19.2 Å². The summed E-state index contributed by atoms with van der Waals surface area (Å²) in [6, 6.07) is 3.03. The van der Waals surface area contributed by atoms with E-state index >= 15 is 0 Å². The lowest BCUT2D eigenvalue weighted by atomic mass is 10.2. The third-order valence-corrected chi connectivity index (χ3v) is 4.44. The van der Waals surface area contributed by atoms with Gasteiger partial charge in [-0.3, -0.25) is 18.7 Å². The largest absolute Gasteiger partial charge is 0.502 e. The van der Waals surface area contributed by atoms with Crippen molar-refractivity contribution < 1.29 is 19.4 Å². The number of aryl methyl sites for hydroxylation is 1. The summed E-state index contributed by atoms with van der Waals surface area (Å²) >= 11 is 0. The first-order chi connectivity index (χ1) is 14.3. The molecule has 2 heterocycles. The van der Waals surface area contributed by atoms with E-state index in [0.29, 0.717) is 5.56 Å². The van der Waals surface area contributed by atoms with E-state index in [-0.39, 0.29) is 35.0 Å². The average molecular weight is 416 g/mol. The number of methoxy groups -OCH3 is 2. The van der Waals surface area contributed by atoms with E-state index in [1.165, 1.54) is 62.1 Å². The number of aromatic nitrogens is 4. The van der Waals surface area contributed by atoms with E-state index in [1.807, 2.05) is 0 Å². The monoisotopic (exact) mass is 416 g/mol. The first-order valence-electron chi connectivity index (χ1n) is 8.66. The van der Waals surface area contributed by atoms with Gasteiger partial charge in [0.25, 0.3) is 11.5 Å². The lowest BCUT2D eigenvalue weighted by molar-refractivity contribution is -0.121. The van der Waals surface area contributed by atoms with E-state index in [4.69, 9.17) is 9.47 Å². The molecule has 12 nitrogen and oxygen atoms in total. The Labute approximate surface area is 169 Å². The number of carbonyl (C=O) groups is 1. The molecule has 0 saturated carbocycles. The molecule has 30 heavy (non-hydrogen) atoms. The molecule has 3 rings (SSSR count). The molecule has 0 aliphatic rings. The number of nitrogens with zero attached hydrogens (tertiary/aromatic N) is 5. The molecule has 0 atom stereocenters. The van der Waals surface area contributed by atoms with Gasteiger partial charge in [0.15, 0.2) is 22.7 Å². The molecule has 0 bridgehead atoms. The number of phenols is 1. The van der Waals surface area contributed by atoms with Crippen molar-refractivity contribution in [3.05, 3.63) is 44.9 Å². The molecule has 0 saturated heterocycles. The molecule has 1 aromatic carbocycles. The minimum atomic E-state index is -0.551. The van der Waals surface area contributed by atoms with Crippen LogP contribution in [0.5, 0.6) is 17.2 Å². The van der Waals surface area contributed by atoms with Crippen molar-refractivity contribution in [1.29, 1.82) is 0 Å². The predicted octanol–water partition coefficient (Wildman–Crippen LogP) is -0.693. The second-order valence-corrected chi connectivity index (χ2v) is 6.32. The first-order valence-corrected chi connectivity index (χ1v) is 8.66. The van der Waals surface area contributed by atoms with Crippen molar-refractivity contribution >= 4 is 23.3 Å². The molecule has 0 unspecified atom stereocenters. The van der Waals surface area contributed by atoms with Gasteiger partial charge in [-0.1, -0.05) is 0 Å².